The molecule has 26 heavy (non-hydrogen) atoms. The van der Waals surface area contributed by atoms with Gasteiger partial charge < -0.3 is 9.73 Å². The Bertz CT molecular complexity index is 1040. The van der Waals surface area contributed by atoms with Gasteiger partial charge >= 0.3 is 0 Å². The van der Waals surface area contributed by atoms with Gasteiger partial charge in [0, 0.05) is 5.38 Å². The zero-order valence-electron chi connectivity index (χ0n) is 14.1. The predicted octanol–water partition coefficient (Wildman–Crippen LogP) is 3.01. The molecule has 0 atom stereocenters. The number of thiazole rings is 1. The molecule has 7 nitrogen and oxygen atoms in total. The van der Waals surface area contributed by atoms with E-state index in [0.717, 1.165) is 17.0 Å². The number of anilines is 1. The van der Waals surface area contributed by atoms with E-state index < -0.39 is 15.9 Å². The highest BCUT2D eigenvalue weighted by atomic mass is 32.2. The zero-order valence-corrected chi connectivity index (χ0v) is 15.8. The summed E-state index contributed by atoms with van der Waals surface area (Å²) in [6.07, 6.45) is 1.03. The molecule has 0 radical (unpaired) electrons. The summed E-state index contributed by atoms with van der Waals surface area (Å²) < 4.78 is 30.9. The number of carbonyl (C=O) groups excluding carboxylic acids is 1. The quantitative estimate of drug-likeness (QED) is 0.673. The van der Waals surface area contributed by atoms with Gasteiger partial charge in [-0.05, 0) is 31.2 Å². The number of carbonyl (C=O) groups is 1. The molecule has 0 saturated heterocycles. The van der Waals surface area contributed by atoms with Crippen molar-refractivity contribution in [3.63, 3.8) is 0 Å². The number of amides is 1. The van der Waals surface area contributed by atoms with E-state index in [9.17, 15) is 13.2 Å². The van der Waals surface area contributed by atoms with Crippen LogP contribution in [0.4, 0.5) is 5.69 Å². The van der Waals surface area contributed by atoms with Gasteiger partial charge in [0.1, 0.15) is 11.5 Å². The van der Waals surface area contributed by atoms with Gasteiger partial charge in [0.15, 0.2) is 5.76 Å². The van der Waals surface area contributed by atoms with Gasteiger partial charge in [0.25, 0.3) is 5.91 Å². The van der Waals surface area contributed by atoms with E-state index in [1.165, 1.54) is 17.4 Å². The van der Waals surface area contributed by atoms with E-state index in [4.69, 9.17) is 4.42 Å². The summed E-state index contributed by atoms with van der Waals surface area (Å²) in [5.74, 6) is 0.810. The van der Waals surface area contributed by atoms with Crippen LogP contribution in [0, 0.1) is 6.92 Å². The third-order valence-electron chi connectivity index (χ3n) is 3.42. The molecule has 2 aromatic heterocycles. The van der Waals surface area contributed by atoms with Crippen molar-refractivity contribution in [2.24, 2.45) is 0 Å². The molecule has 0 aliphatic heterocycles. The number of hydrogen-bond donors (Lipinski definition) is 2. The number of aromatic nitrogens is 1. The van der Waals surface area contributed by atoms with E-state index in [-0.39, 0.29) is 17.8 Å². The molecule has 0 unspecified atom stereocenters. The first-order valence-corrected chi connectivity index (χ1v) is 10.4. The molecule has 0 fully saturated rings. The van der Waals surface area contributed by atoms with Crippen molar-refractivity contribution in [1.29, 1.82) is 0 Å². The first-order chi connectivity index (χ1) is 12.3. The van der Waals surface area contributed by atoms with Crippen LogP contribution in [0.1, 0.15) is 21.1 Å². The number of nitrogens with zero attached hydrogens (tertiary/aromatic N) is 1. The van der Waals surface area contributed by atoms with Crippen LogP contribution in [0.25, 0.3) is 11.5 Å². The predicted molar refractivity (Wildman–Crippen MR) is 101 cm³/mol. The first-order valence-electron chi connectivity index (χ1n) is 7.68. The second-order valence-electron chi connectivity index (χ2n) is 5.62. The standard InChI is InChI=1S/C17H17N3O4S2/c1-11-19-15(10-25-11)16-8-7-12(24-16)9-18-17(21)13-5-3-4-6-14(13)20-26(2,22)23/h3-8,10,20H,9H2,1-2H3,(H,18,21). The summed E-state index contributed by atoms with van der Waals surface area (Å²) in [6.45, 7) is 2.09. The summed E-state index contributed by atoms with van der Waals surface area (Å²) in [6, 6.07) is 9.97. The van der Waals surface area contributed by atoms with Crippen molar-refractivity contribution in [3.8, 4) is 11.5 Å². The molecule has 0 aliphatic rings. The molecule has 136 valence electrons. The smallest absolute Gasteiger partial charge is 0.253 e. The van der Waals surface area contributed by atoms with E-state index >= 15 is 0 Å². The van der Waals surface area contributed by atoms with Crippen molar-refractivity contribution in [1.82, 2.24) is 10.3 Å². The summed E-state index contributed by atoms with van der Waals surface area (Å²) >= 11 is 1.53. The van der Waals surface area contributed by atoms with Crippen LogP contribution >= 0.6 is 11.3 Å². The number of benzene rings is 1. The fourth-order valence-electron chi connectivity index (χ4n) is 2.32. The Morgan fingerprint density at radius 1 is 1.23 bits per heavy atom. The van der Waals surface area contributed by atoms with Crippen LogP contribution < -0.4 is 10.0 Å². The number of para-hydroxylation sites is 1. The maximum Gasteiger partial charge on any atom is 0.253 e. The van der Waals surface area contributed by atoms with Crippen molar-refractivity contribution in [2.45, 2.75) is 13.5 Å². The molecule has 2 heterocycles. The van der Waals surface area contributed by atoms with Crippen molar-refractivity contribution < 1.29 is 17.6 Å². The van der Waals surface area contributed by atoms with Gasteiger partial charge in [0.2, 0.25) is 10.0 Å². The lowest BCUT2D eigenvalue weighted by atomic mass is 10.1. The molecule has 0 saturated carbocycles. The second-order valence-corrected chi connectivity index (χ2v) is 8.43. The number of sulfonamides is 1. The lowest BCUT2D eigenvalue weighted by Crippen LogP contribution is -2.24. The fourth-order valence-corrected chi connectivity index (χ4v) is 3.50. The Labute approximate surface area is 155 Å². The number of nitrogens with one attached hydrogen (secondary N) is 2. The Balaban J connectivity index is 1.69. The molecule has 0 spiro atoms. The summed E-state index contributed by atoms with van der Waals surface area (Å²) in [4.78, 5) is 16.8. The summed E-state index contributed by atoms with van der Waals surface area (Å²) in [5.41, 5.74) is 1.22. The molecule has 1 amide bonds. The van der Waals surface area contributed by atoms with Crippen LogP contribution in [0.2, 0.25) is 0 Å². The van der Waals surface area contributed by atoms with Crippen LogP contribution in [0.15, 0.2) is 46.2 Å². The Kier molecular flexibility index (Phi) is 5.10. The number of furan rings is 1. The topological polar surface area (TPSA) is 101 Å². The first kappa shape index (κ1) is 18.2. The van der Waals surface area contributed by atoms with E-state index in [2.05, 4.69) is 15.0 Å². The Hall–Kier alpha value is -2.65. The average molecular weight is 391 g/mol. The fraction of sp³-hybridized carbons (Fsp3) is 0.176. The molecule has 2 N–H and O–H groups in total. The van der Waals surface area contributed by atoms with Gasteiger partial charge in [-0.2, -0.15) is 0 Å². The third kappa shape index (κ3) is 4.50. The Morgan fingerprint density at radius 3 is 2.69 bits per heavy atom. The van der Waals surface area contributed by atoms with Crippen LogP contribution in [0.3, 0.4) is 0 Å². The van der Waals surface area contributed by atoms with Crippen LogP contribution in [-0.2, 0) is 16.6 Å². The molecule has 3 aromatic rings. The van der Waals surface area contributed by atoms with Gasteiger partial charge in [-0.1, -0.05) is 12.1 Å². The molecule has 9 heteroatoms. The average Bonchev–Trinajstić information content (AvgIpc) is 3.20. The molecule has 3 rings (SSSR count). The third-order valence-corrected chi connectivity index (χ3v) is 4.79. The van der Waals surface area contributed by atoms with E-state index in [1.807, 2.05) is 12.3 Å². The van der Waals surface area contributed by atoms with Crippen molar-refractivity contribution in [3.05, 3.63) is 58.1 Å². The molecule has 0 bridgehead atoms. The number of aryl methyl sites for hydroxylation is 1. The SMILES string of the molecule is Cc1nc(-c2ccc(CNC(=O)c3ccccc3NS(C)(=O)=O)o2)cs1. The normalized spacial score (nSPS) is 11.3. The zero-order chi connectivity index (χ0) is 18.7. The van der Waals surface area contributed by atoms with E-state index in [1.54, 1.807) is 30.3 Å². The molecule has 1 aromatic carbocycles. The maximum atomic E-state index is 12.4. The highest BCUT2D eigenvalue weighted by molar-refractivity contribution is 7.92. The van der Waals surface area contributed by atoms with Gasteiger partial charge in [-0.3, -0.25) is 9.52 Å². The van der Waals surface area contributed by atoms with Crippen LogP contribution in [0.5, 0.6) is 0 Å². The monoisotopic (exact) mass is 391 g/mol. The molecular weight excluding hydrogens is 374 g/mol. The highest BCUT2D eigenvalue weighted by Crippen LogP contribution is 2.24. The largest absolute Gasteiger partial charge is 0.458 e. The molecular formula is C17H17N3O4S2. The number of hydrogen-bond acceptors (Lipinski definition) is 6. The Morgan fingerprint density at radius 2 is 2.00 bits per heavy atom. The van der Waals surface area contributed by atoms with Crippen molar-refractivity contribution in [2.75, 3.05) is 11.0 Å². The second kappa shape index (κ2) is 7.30. The minimum Gasteiger partial charge on any atom is -0.458 e. The summed E-state index contributed by atoms with van der Waals surface area (Å²) in [7, 11) is -3.48. The number of rotatable bonds is 6. The summed E-state index contributed by atoms with van der Waals surface area (Å²) in [5, 5.41) is 5.58. The minimum atomic E-state index is -3.48. The van der Waals surface area contributed by atoms with E-state index in [0.29, 0.717) is 11.5 Å². The minimum absolute atomic E-state index is 0.176. The van der Waals surface area contributed by atoms with Crippen molar-refractivity contribution >= 4 is 33.0 Å². The van der Waals surface area contributed by atoms with Gasteiger partial charge in [-0.15, -0.1) is 11.3 Å². The van der Waals surface area contributed by atoms with Crippen LogP contribution in [-0.4, -0.2) is 25.6 Å². The van der Waals surface area contributed by atoms with Gasteiger partial charge in [0.05, 0.1) is 29.1 Å². The molecule has 0 aliphatic carbocycles. The lowest BCUT2D eigenvalue weighted by Gasteiger charge is -2.10. The van der Waals surface area contributed by atoms with Gasteiger partial charge in [-0.25, -0.2) is 13.4 Å². The lowest BCUT2D eigenvalue weighted by molar-refractivity contribution is 0.0949. The highest BCUT2D eigenvalue weighted by Gasteiger charge is 2.14. The maximum absolute atomic E-state index is 12.4.